The molecule has 0 radical (unpaired) electrons. The number of fused-ring (bicyclic) bond motifs is 1. The standard InChI is InChI=1S/C23H35N3O2/c1-15(2)13-26(14-16(3)4)18-5-7-19(8-6-18)28-22-11-17-9-10-25-23(27)20(17)12-21(22)24/h9-12,15-16,18-19H,5-8,13-14,24H2,1-4H3,(H,25,27). The molecular weight excluding hydrogens is 350 g/mol. The fourth-order valence-electron chi connectivity index (χ4n) is 4.35. The fraction of sp³-hybridized carbons (Fsp3) is 0.609. The highest BCUT2D eigenvalue weighted by Gasteiger charge is 2.28. The molecule has 2 aromatic rings. The van der Waals surface area contributed by atoms with Crippen molar-refractivity contribution >= 4 is 16.5 Å². The second-order valence-electron chi connectivity index (χ2n) is 9.07. The quantitative estimate of drug-likeness (QED) is 0.692. The summed E-state index contributed by atoms with van der Waals surface area (Å²) in [4.78, 5) is 17.3. The molecule has 154 valence electrons. The van der Waals surface area contributed by atoms with Crippen LogP contribution in [0.25, 0.3) is 10.8 Å². The van der Waals surface area contributed by atoms with Crippen molar-refractivity contribution in [2.75, 3.05) is 18.8 Å². The molecule has 1 aromatic carbocycles. The Morgan fingerprint density at radius 3 is 2.36 bits per heavy atom. The Morgan fingerprint density at radius 1 is 1.11 bits per heavy atom. The lowest BCUT2D eigenvalue weighted by Gasteiger charge is -2.38. The number of anilines is 1. The van der Waals surface area contributed by atoms with Gasteiger partial charge in [0.2, 0.25) is 0 Å². The van der Waals surface area contributed by atoms with Crippen LogP contribution in [-0.2, 0) is 0 Å². The van der Waals surface area contributed by atoms with Crippen LogP contribution in [0, 0.1) is 11.8 Å². The van der Waals surface area contributed by atoms with Crippen molar-refractivity contribution in [3.8, 4) is 5.75 Å². The zero-order chi connectivity index (χ0) is 20.3. The molecule has 0 amide bonds. The number of ether oxygens (including phenoxy) is 1. The van der Waals surface area contributed by atoms with Gasteiger partial charge in [0.05, 0.1) is 11.8 Å². The van der Waals surface area contributed by atoms with E-state index in [1.807, 2.05) is 12.1 Å². The van der Waals surface area contributed by atoms with Crippen molar-refractivity contribution in [2.45, 2.75) is 65.5 Å². The Hall–Kier alpha value is -2.01. The smallest absolute Gasteiger partial charge is 0.255 e. The first kappa shape index (κ1) is 20.7. The van der Waals surface area contributed by atoms with Gasteiger partial charge in [0.25, 0.3) is 5.56 Å². The number of rotatable bonds is 7. The summed E-state index contributed by atoms with van der Waals surface area (Å²) < 4.78 is 6.27. The number of hydrogen-bond acceptors (Lipinski definition) is 4. The lowest BCUT2D eigenvalue weighted by atomic mass is 9.90. The van der Waals surface area contributed by atoms with Crippen molar-refractivity contribution in [2.24, 2.45) is 11.8 Å². The monoisotopic (exact) mass is 385 g/mol. The topological polar surface area (TPSA) is 71.3 Å². The number of hydrogen-bond donors (Lipinski definition) is 2. The molecule has 1 saturated carbocycles. The van der Waals surface area contributed by atoms with E-state index in [0.29, 0.717) is 34.7 Å². The minimum absolute atomic E-state index is 0.119. The summed E-state index contributed by atoms with van der Waals surface area (Å²) in [6.45, 7) is 11.5. The third-order valence-electron chi connectivity index (χ3n) is 5.56. The van der Waals surface area contributed by atoms with Crippen LogP contribution < -0.4 is 16.0 Å². The summed E-state index contributed by atoms with van der Waals surface area (Å²) >= 11 is 0. The highest BCUT2D eigenvalue weighted by atomic mass is 16.5. The van der Waals surface area contributed by atoms with Gasteiger partial charge in [0.1, 0.15) is 5.75 Å². The number of nitrogens with two attached hydrogens (primary N) is 1. The molecule has 1 aromatic heterocycles. The number of H-pyrrole nitrogens is 1. The predicted octanol–water partition coefficient (Wildman–Crippen LogP) is 4.41. The van der Waals surface area contributed by atoms with E-state index in [2.05, 4.69) is 37.6 Å². The van der Waals surface area contributed by atoms with E-state index >= 15 is 0 Å². The molecule has 3 rings (SSSR count). The molecule has 0 aliphatic heterocycles. The zero-order valence-electron chi connectivity index (χ0n) is 17.7. The van der Waals surface area contributed by atoms with Gasteiger partial charge in [-0.25, -0.2) is 0 Å². The number of benzene rings is 1. The van der Waals surface area contributed by atoms with Crippen LogP contribution in [0.5, 0.6) is 5.75 Å². The molecule has 28 heavy (non-hydrogen) atoms. The molecule has 0 unspecified atom stereocenters. The van der Waals surface area contributed by atoms with Gasteiger partial charge in [-0.1, -0.05) is 27.7 Å². The van der Waals surface area contributed by atoms with Crippen molar-refractivity contribution in [1.29, 1.82) is 0 Å². The van der Waals surface area contributed by atoms with Gasteiger partial charge in [0, 0.05) is 30.7 Å². The van der Waals surface area contributed by atoms with Gasteiger partial charge in [-0.2, -0.15) is 0 Å². The summed E-state index contributed by atoms with van der Waals surface area (Å²) in [6, 6.07) is 6.16. The minimum atomic E-state index is -0.119. The molecule has 5 heteroatoms. The van der Waals surface area contributed by atoms with E-state index in [1.54, 1.807) is 12.3 Å². The fourth-order valence-corrected chi connectivity index (χ4v) is 4.35. The van der Waals surface area contributed by atoms with Crippen LogP contribution in [0.4, 0.5) is 5.69 Å². The summed E-state index contributed by atoms with van der Waals surface area (Å²) in [7, 11) is 0. The van der Waals surface area contributed by atoms with Crippen LogP contribution in [0.15, 0.2) is 29.2 Å². The van der Waals surface area contributed by atoms with E-state index < -0.39 is 0 Å². The summed E-state index contributed by atoms with van der Waals surface area (Å²) in [5, 5.41) is 1.47. The maximum absolute atomic E-state index is 11.9. The van der Waals surface area contributed by atoms with E-state index in [4.69, 9.17) is 10.5 Å². The molecule has 1 aliphatic rings. The second kappa shape index (κ2) is 8.99. The summed E-state index contributed by atoms with van der Waals surface area (Å²) in [5.41, 5.74) is 6.59. The maximum Gasteiger partial charge on any atom is 0.255 e. The minimum Gasteiger partial charge on any atom is -0.488 e. The molecule has 0 bridgehead atoms. The van der Waals surface area contributed by atoms with Gasteiger partial charge in [0.15, 0.2) is 0 Å². The molecule has 1 heterocycles. The van der Waals surface area contributed by atoms with Gasteiger partial charge in [-0.05, 0) is 61.1 Å². The normalized spacial score (nSPS) is 20.4. The number of aromatic nitrogens is 1. The van der Waals surface area contributed by atoms with E-state index in [-0.39, 0.29) is 11.7 Å². The molecule has 5 nitrogen and oxygen atoms in total. The Balaban J connectivity index is 1.64. The largest absolute Gasteiger partial charge is 0.488 e. The number of nitrogens with zero attached hydrogens (tertiary/aromatic N) is 1. The average molecular weight is 386 g/mol. The number of pyridine rings is 1. The first-order chi connectivity index (χ1) is 13.3. The maximum atomic E-state index is 11.9. The first-order valence-corrected chi connectivity index (χ1v) is 10.6. The average Bonchev–Trinajstić information content (AvgIpc) is 2.62. The van der Waals surface area contributed by atoms with Gasteiger partial charge in [-0.15, -0.1) is 0 Å². The molecule has 0 atom stereocenters. The SMILES string of the molecule is CC(C)CN(CC(C)C)C1CCC(Oc2cc3cc[nH]c(=O)c3cc2N)CC1. The molecule has 1 fully saturated rings. The number of aromatic amines is 1. The zero-order valence-corrected chi connectivity index (χ0v) is 17.7. The van der Waals surface area contributed by atoms with Gasteiger partial charge >= 0.3 is 0 Å². The van der Waals surface area contributed by atoms with Crippen LogP contribution in [-0.4, -0.2) is 35.1 Å². The number of nitrogens with one attached hydrogen (secondary N) is 1. The number of nitrogen functional groups attached to an aromatic ring is 1. The second-order valence-corrected chi connectivity index (χ2v) is 9.07. The van der Waals surface area contributed by atoms with Crippen LogP contribution in [0.3, 0.4) is 0 Å². The van der Waals surface area contributed by atoms with Crippen molar-refractivity contribution in [1.82, 2.24) is 9.88 Å². The van der Waals surface area contributed by atoms with E-state index in [1.165, 1.54) is 13.1 Å². The third-order valence-corrected chi connectivity index (χ3v) is 5.56. The van der Waals surface area contributed by atoms with Crippen molar-refractivity contribution in [3.63, 3.8) is 0 Å². The molecule has 0 saturated heterocycles. The van der Waals surface area contributed by atoms with Crippen LogP contribution in [0.2, 0.25) is 0 Å². The lowest BCUT2D eigenvalue weighted by molar-refractivity contribution is 0.0748. The van der Waals surface area contributed by atoms with Crippen molar-refractivity contribution in [3.05, 3.63) is 34.7 Å². The third kappa shape index (κ3) is 5.07. The van der Waals surface area contributed by atoms with E-state index in [9.17, 15) is 4.79 Å². The summed E-state index contributed by atoms with van der Waals surface area (Å²) in [5.74, 6) is 2.07. The highest BCUT2D eigenvalue weighted by molar-refractivity contribution is 5.87. The Morgan fingerprint density at radius 2 is 1.75 bits per heavy atom. The van der Waals surface area contributed by atoms with Crippen LogP contribution in [0.1, 0.15) is 53.4 Å². The predicted molar refractivity (Wildman–Crippen MR) is 117 cm³/mol. The Labute approximate surface area is 168 Å². The molecule has 3 N–H and O–H groups in total. The van der Waals surface area contributed by atoms with Gasteiger partial charge in [-0.3, -0.25) is 9.69 Å². The molecular formula is C23H35N3O2. The van der Waals surface area contributed by atoms with Crippen LogP contribution >= 0.6 is 0 Å². The van der Waals surface area contributed by atoms with E-state index in [0.717, 1.165) is 31.1 Å². The van der Waals surface area contributed by atoms with Crippen molar-refractivity contribution < 1.29 is 4.74 Å². The Kier molecular flexibility index (Phi) is 6.65. The first-order valence-electron chi connectivity index (χ1n) is 10.6. The Bertz CT molecular complexity index is 825. The lowest BCUT2D eigenvalue weighted by Crippen LogP contribution is -2.43. The highest BCUT2D eigenvalue weighted by Crippen LogP contribution is 2.32. The molecule has 1 aliphatic carbocycles. The van der Waals surface area contributed by atoms with Gasteiger partial charge < -0.3 is 15.5 Å². The summed E-state index contributed by atoms with van der Waals surface area (Å²) in [6.07, 6.45) is 6.27. The molecule has 0 spiro atoms.